The van der Waals surface area contributed by atoms with Gasteiger partial charge < -0.3 is 4.42 Å². The third-order valence-corrected chi connectivity index (χ3v) is 2.11. The Kier molecular flexibility index (Phi) is 1.22. The van der Waals surface area contributed by atoms with E-state index in [0.717, 1.165) is 16.0 Å². The van der Waals surface area contributed by atoms with Crippen molar-refractivity contribution in [2.75, 3.05) is 0 Å². The maximum Gasteiger partial charge on any atom is 0.396 e. The molecule has 0 aliphatic heterocycles. The summed E-state index contributed by atoms with van der Waals surface area (Å²) in [4.78, 5) is 10.3. The maximum absolute atomic E-state index is 10.7. The van der Waals surface area contributed by atoms with Gasteiger partial charge in [0.2, 0.25) is 0 Å². The Morgan fingerprint density at radius 2 is 2.18 bits per heavy atom. The molecule has 0 aliphatic rings. The molecule has 0 aliphatic carbocycles. The molecule has 55 valence electrons. The lowest BCUT2D eigenvalue weighted by atomic mass is 10.3. The molecule has 0 spiro atoms. The van der Waals surface area contributed by atoms with Gasteiger partial charge in [-0.3, -0.25) is 5.11 Å². The molecule has 0 unspecified atom stereocenters. The van der Waals surface area contributed by atoms with E-state index in [1.165, 1.54) is 12.1 Å². The first-order valence-corrected chi connectivity index (χ1v) is 3.78. The highest BCUT2D eigenvalue weighted by Gasteiger charge is 2.01. The zero-order valence-corrected chi connectivity index (χ0v) is 6.18. The van der Waals surface area contributed by atoms with E-state index < -0.39 is 0 Å². The van der Waals surface area contributed by atoms with E-state index in [1.807, 2.05) is 0 Å². The average Bonchev–Trinajstić information content (AvgIpc) is 2.27. The predicted molar refractivity (Wildman–Crippen MR) is 40.5 cm³/mol. The summed E-state index contributed by atoms with van der Waals surface area (Å²) in [5, 5.41) is 10.7. The van der Waals surface area contributed by atoms with E-state index in [2.05, 4.69) is 0 Å². The zero-order chi connectivity index (χ0) is 7.84. The van der Waals surface area contributed by atoms with Crippen molar-refractivity contribution in [2.24, 2.45) is 0 Å². The van der Waals surface area contributed by atoms with Gasteiger partial charge in [0.1, 0.15) is 0 Å². The number of hydrogen-bond acceptors (Lipinski definition) is 3. The van der Waals surface area contributed by atoms with Crippen LogP contribution >= 0.6 is 11.3 Å². The lowest BCUT2D eigenvalue weighted by molar-refractivity contribution is 0.355. The first-order valence-electron chi connectivity index (χ1n) is 2.96. The molecule has 3 nitrogen and oxygen atoms in total. The van der Waals surface area contributed by atoms with E-state index in [4.69, 9.17) is 4.42 Å². The molecule has 1 aromatic heterocycles. The number of hydrogen-bond donors (Lipinski definition) is 0. The minimum absolute atomic E-state index is 0.140. The van der Waals surface area contributed by atoms with Crippen LogP contribution in [0.5, 0.6) is 5.75 Å². The van der Waals surface area contributed by atoms with Gasteiger partial charge in [-0.25, -0.2) is 4.79 Å². The summed E-state index contributed by atoms with van der Waals surface area (Å²) in [6.45, 7) is 0. The monoisotopic (exact) mass is 167 g/mol. The lowest BCUT2D eigenvalue weighted by Gasteiger charge is -1.83. The van der Waals surface area contributed by atoms with Crippen molar-refractivity contribution in [2.45, 2.75) is 0 Å². The van der Waals surface area contributed by atoms with Crippen LogP contribution in [0.25, 0.3) is 10.3 Å². The highest BCUT2D eigenvalue weighted by atomic mass is 32.1. The van der Waals surface area contributed by atoms with Gasteiger partial charge in [0.15, 0.2) is 11.3 Å². The molecule has 1 radical (unpaired) electrons. The molecule has 0 saturated heterocycles. The van der Waals surface area contributed by atoms with Crippen LogP contribution in [-0.2, 0) is 5.11 Å². The normalized spacial score (nSPS) is 10.5. The Bertz CT molecular complexity index is 440. The molecule has 0 N–H and O–H groups in total. The van der Waals surface area contributed by atoms with Crippen LogP contribution in [0.1, 0.15) is 0 Å². The van der Waals surface area contributed by atoms with Gasteiger partial charge in [0.05, 0.1) is 4.70 Å². The molecule has 11 heavy (non-hydrogen) atoms. The van der Waals surface area contributed by atoms with Crippen molar-refractivity contribution < 1.29 is 9.52 Å². The van der Waals surface area contributed by atoms with Crippen molar-refractivity contribution in [3.8, 4) is 5.75 Å². The smallest absolute Gasteiger partial charge is 0.396 e. The number of fused-ring (bicyclic) bond motifs is 1. The fourth-order valence-corrected chi connectivity index (χ4v) is 1.50. The standard InChI is InChI=1S/C7H3O3S/c8-4-1-2-6-5(3-4)10-7(9)11-6/h1-3H. The Hall–Kier alpha value is -1.29. The molecule has 2 aromatic rings. The molecular formula is C7H3O3S. The lowest BCUT2D eigenvalue weighted by Crippen LogP contribution is -1.79. The minimum Gasteiger partial charge on any atom is -0.414 e. The van der Waals surface area contributed by atoms with Crippen molar-refractivity contribution in [1.82, 2.24) is 0 Å². The van der Waals surface area contributed by atoms with Crippen LogP contribution in [0, 0.1) is 0 Å². The second-order valence-electron chi connectivity index (χ2n) is 2.06. The van der Waals surface area contributed by atoms with Gasteiger partial charge >= 0.3 is 4.94 Å². The van der Waals surface area contributed by atoms with Crippen LogP contribution in [-0.4, -0.2) is 0 Å². The van der Waals surface area contributed by atoms with Gasteiger partial charge in [-0.15, -0.1) is 0 Å². The molecular weight excluding hydrogens is 164 g/mol. The van der Waals surface area contributed by atoms with E-state index in [1.54, 1.807) is 6.07 Å². The summed E-state index contributed by atoms with van der Waals surface area (Å²) in [7, 11) is 0. The fourth-order valence-electron chi connectivity index (χ4n) is 0.853. The van der Waals surface area contributed by atoms with E-state index in [-0.39, 0.29) is 10.7 Å². The quantitative estimate of drug-likeness (QED) is 0.602. The molecule has 4 heteroatoms. The molecule has 1 aromatic carbocycles. The fraction of sp³-hybridized carbons (Fsp3) is 0. The van der Waals surface area contributed by atoms with E-state index >= 15 is 0 Å². The summed E-state index contributed by atoms with van der Waals surface area (Å²) in [5.41, 5.74) is 0.382. The third-order valence-electron chi connectivity index (χ3n) is 1.30. The van der Waals surface area contributed by atoms with Gasteiger partial charge in [-0.2, -0.15) is 0 Å². The van der Waals surface area contributed by atoms with E-state index in [9.17, 15) is 9.90 Å². The van der Waals surface area contributed by atoms with Crippen LogP contribution in [0.4, 0.5) is 0 Å². The predicted octanol–water partition coefficient (Wildman–Crippen LogP) is 2.00. The molecule has 2 rings (SSSR count). The second kappa shape index (κ2) is 2.10. The third kappa shape index (κ3) is 1.01. The Morgan fingerprint density at radius 3 is 3.00 bits per heavy atom. The minimum atomic E-state index is -0.370. The summed E-state index contributed by atoms with van der Waals surface area (Å²) in [6, 6.07) is 4.31. The second-order valence-corrected chi connectivity index (χ2v) is 3.04. The highest BCUT2D eigenvalue weighted by molar-refractivity contribution is 7.16. The maximum atomic E-state index is 10.7. The summed E-state index contributed by atoms with van der Waals surface area (Å²) in [5.74, 6) is -0.140. The number of rotatable bonds is 0. The average molecular weight is 167 g/mol. The van der Waals surface area contributed by atoms with Gasteiger partial charge in [0.25, 0.3) is 0 Å². The van der Waals surface area contributed by atoms with Gasteiger partial charge in [-0.1, -0.05) is 11.3 Å². The first kappa shape index (κ1) is 6.42. The topological polar surface area (TPSA) is 50.1 Å². The SMILES string of the molecule is [O]c1ccc2sc(=O)oc2c1. The van der Waals surface area contributed by atoms with Crippen molar-refractivity contribution >= 4 is 21.6 Å². The van der Waals surface area contributed by atoms with Crippen molar-refractivity contribution in [1.29, 1.82) is 0 Å². The molecule has 0 bridgehead atoms. The first-order chi connectivity index (χ1) is 5.25. The zero-order valence-electron chi connectivity index (χ0n) is 5.37. The molecule has 0 amide bonds. The van der Waals surface area contributed by atoms with Gasteiger partial charge in [0, 0.05) is 6.07 Å². The molecule has 0 saturated carbocycles. The van der Waals surface area contributed by atoms with Crippen molar-refractivity contribution in [3.05, 3.63) is 27.9 Å². The van der Waals surface area contributed by atoms with E-state index in [0.29, 0.717) is 5.58 Å². The molecule has 0 atom stereocenters. The van der Waals surface area contributed by atoms with Crippen LogP contribution in [0.3, 0.4) is 0 Å². The summed E-state index contributed by atoms with van der Waals surface area (Å²) < 4.78 is 5.43. The van der Waals surface area contributed by atoms with Crippen molar-refractivity contribution in [3.63, 3.8) is 0 Å². The number of benzene rings is 1. The Morgan fingerprint density at radius 1 is 1.36 bits per heavy atom. The highest BCUT2D eigenvalue weighted by Crippen LogP contribution is 2.21. The largest absolute Gasteiger partial charge is 0.414 e. The van der Waals surface area contributed by atoms with Crippen LogP contribution in [0.15, 0.2) is 27.4 Å². The Labute approximate surface area is 65.5 Å². The van der Waals surface area contributed by atoms with Crippen LogP contribution < -0.4 is 4.94 Å². The molecule has 0 fully saturated rings. The Balaban J connectivity index is 2.92. The molecule has 1 heterocycles. The summed E-state index contributed by atoms with van der Waals surface area (Å²) >= 11 is 1.000. The summed E-state index contributed by atoms with van der Waals surface area (Å²) in [6.07, 6.45) is 0. The van der Waals surface area contributed by atoms with Gasteiger partial charge in [-0.05, 0) is 12.1 Å². The van der Waals surface area contributed by atoms with Crippen LogP contribution in [0.2, 0.25) is 0 Å².